The zero-order valence-electron chi connectivity index (χ0n) is 46.3. The van der Waals surface area contributed by atoms with E-state index in [1.807, 2.05) is 38.2 Å². The van der Waals surface area contributed by atoms with E-state index in [1.165, 1.54) is 29.6 Å². The van der Waals surface area contributed by atoms with Crippen LogP contribution in [0.1, 0.15) is 158 Å². The van der Waals surface area contributed by atoms with Crippen molar-refractivity contribution in [3.05, 3.63) is 77.4 Å². The minimum absolute atomic E-state index is 0.0325. The predicted octanol–water partition coefficient (Wildman–Crippen LogP) is 7.00. The van der Waals surface area contributed by atoms with Gasteiger partial charge in [0.15, 0.2) is 0 Å². The zero-order chi connectivity index (χ0) is 55.4. The molecule has 418 valence electrons. The number of allylic oxidation sites excluding steroid dienone is 5. The van der Waals surface area contributed by atoms with E-state index in [9.17, 15) is 49.2 Å². The Morgan fingerprint density at radius 1 is 0.893 bits per heavy atom. The van der Waals surface area contributed by atoms with Crippen molar-refractivity contribution in [3.8, 4) is 5.75 Å². The molecule has 3 aliphatic heterocycles. The largest absolute Gasteiger partial charge is 0.508 e. The molecule has 0 aliphatic carbocycles. The summed E-state index contributed by atoms with van der Waals surface area (Å²) >= 11 is 0. The van der Waals surface area contributed by atoms with Gasteiger partial charge >= 0.3 is 5.97 Å². The molecule has 0 spiro atoms. The Labute approximate surface area is 446 Å². The molecule has 8 N–H and O–H groups in total. The molecule has 16 nitrogen and oxygen atoms in total. The van der Waals surface area contributed by atoms with E-state index in [0.717, 1.165) is 32.1 Å². The number of aliphatic hydroxyl groups excluding tert-OH is 3. The smallest absolute Gasteiger partial charge is 0.325 e. The quantitative estimate of drug-likeness (QED) is 0.0421. The lowest BCUT2D eigenvalue weighted by Gasteiger charge is -2.36. The first-order chi connectivity index (χ1) is 35.6. The highest BCUT2D eigenvalue weighted by Gasteiger charge is 2.38. The average Bonchev–Trinajstić information content (AvgIpc) is 3.36. The van der Waals surface area contributed by atoms with E-state index in [2.05, 4.69) is 48.2 Å². The van der Waals surface area contributed by atoms with E-state index in [1.54, 1.807) is 39.0 Å². The lowest BCUT2D eigenvalue weighted by molar-refractivity contribution is -0.157. The summed E-state index contributed by atoms with van der Waals surface area (Å²) in [5, 5.41) is 54.5. The second kappa shape index (κ2) is 31.2. The van der Waals surface area contributed by atoms with Crippen LogP contribution >= 0.6 is 0 Å². The number of amides is 4. The standard InChI is InChI=1S/C59H91N5O11/c1-10-44-27-29-48(60-55(44)70)41(8)32-37(4)25-30-51(68)38(5)18-12-11-13-19-39(6)52-35-46(67)22-15-14-20-40(7)54(69)47(28-26-42(9)65)56(71)62-53(36(2)3)57(72)61-50(34-43-21-16-23-45(66)33-43)58(73)64-31-17-24-49(63-64)59(74)75-52/h11,13-16,19,21,23,32-33,36-38,40,44,46-54,63,66-69H,10,12,17-18,20,22,24-31,34-35H2,1-9H3,(H,60,70)(H,61,72)(H,62,71)/b13-11+,15-14+,39-19+,41-32-/t37?,38?,40?,44?,46?,47?,48?,49?,50?,51?,52-,53?,54?/m0/s1. The van der Waals surface area contributed by atoms with Gasteiger partial charge in [0.2, 0.25) is 17.7 Å². The van der Waals surface area contributed by atoms with Gasteiger partial charge in [0.25, 0.3) is 5.91 Å². The monoisotopic (exact) mass is 1050 g/mol. The molecular formula is C59H91N5O11. The van der Waals surface area contributed by atoms with Crippen molar-refractivity contribution < 1.29 is 53.9 Å². The van der Waals surface area contributed by atoms with Crippen LogP contribution in [0.4, 0.5) is 0 Å². The molecule has 0 radical (unpaired) electrons. The van der Waals surface area contributed by atoms with Crippen LogP contribution in [0.2, 0.25) is 0 Å². The molecule has 0 aromatic heterocycles. The second-order valence-electron chi connectivity index (χ2n) is 22.2. The van der Waals surface area contributed by atoms with Gasteiger partial charge in [0, 0.05) is 37.8 Å². The highest BCUT2D eigenvalue weighted by Crippen LogP contribution is 2.27. The number of Topliss-reactive ketones (excluding diaryl/α,β-unsaturated/α-hetero) is 1. The summed E-state index contributed by atoms with van der Waals surface area (Å²) in [4.78, 5) is 81.4. The summed E-state index contributed by atoms with van der Waals surface area (Å²) in [5.74, 6) is -4.01. The molecule has 3 aliphatic rings. The lowest BCUT2D eigenvalue weighted by atomic mass is 9.85. The predicted molar refractivity (Wildman–Crippen MR) is 290 cm³/mol. The number of aliphatic hydroxyl groups is 3. The Kier molecular flexibility index (Phi) is 25.9. The molecule has 1 aromatic carbocycles. The summed E-state index contributed by atoms with van der Waals surface area (Å²) in [7, 11) is 0. The number of carbonyl (C=O) groups excluding carboxylic acids is 6. The number of hydrazine groups is 1. The normalized spacial score (nSPS) is 29.3. The van der Waals surface area contributed by atoms with E-state index >= 15 is 0 Å². The van der Waals surface area contributed by atoms with Gasteiger partial charge in [-0.3, -0.25) is 29.0 Å². The number of hydrogen-bond donors (Lipinski definition) is 8. The number of phenols is 1. The van der Waals surface area contributed by atoms with Crippen LogP contribution in [0.3, 0.4) is 0 Å². The molecule has 4 rings (SSSR count). The van der Waals surface area contributed by atoms with Crippen LogP contribution in [0, 0.1) is 35.5 Å². The molecule has 0 saturated carbocycles. The lowest BCUT2D eigenvalue weighted by Crippen LogP contribution is -2.62. The number of rotatable bonds is 18. The number of piperidine rings is 1. The number of cyclic esters (lactones) is 1. The zero-order valence-corrected chi connectivity index (χ0v) is 46.3. The maximum atomic E-state index is 14.5. The van der Waals surface area contributed by atoms with Gasteiger partial charge in [0.1, 0.15) is 35.8 Å². The van der Waals surface area contributed by atoms with Crippen molar-refractivity contribution in [1.82, 2.24) is 26.4 Å². The first kappa shape index (κ1) is 62.4. The molecule has 1 aromatic rings. The number of phenolic OH excluding ortho intramolecular Hbond substituents is 1. The van der Waals surface area contributed by atoms with Gasteiger partial charge in [0.05, 0.1) is 24.2 Å². The molecule has 3 heterocycles. The number of hydrogen-bond acceptors (Lipinski definition) is 12. The van der Waals surface area contributed by atoms with Crippen LogP contribution in [0.15, 0.2) is 71.9 Å². The molecule has 2 saturated heterocycles. The SMILES string of the molecule is CCC1CCC(/C(C)=C\C(C)CCC(O)C(C)CC/C=C/C=C(\C)[C@@H]2CC(O)C/C=C/CC(C)C(O)C(CCC(C)=O)C(=O)NC(C(C)C)C(=O)NC(Cc3cccc(O)c3)C(=O)N3CCCC(N3)C(=O)O2)NC1=O. The van der Waals surface area contributed by atoms with Crippen LogP contribution in [0.25, 0.3) is 0 Å². The number of nitrogens with one attached hydrogen (secondary N) is 4. The third-order valence-electron chi connectivity index (χ3n) is 15.4. The number of benzene rings is 1. The third kappa shape index (κ3) is 20.4. The van der Waals surface area contributed by atoms with Gasteiger partial charge < -0.3 is 45.9 Å². The fraction of sp³-hybridized carbons (Fsp3) is 0.661. The minimum atomic E-state index is -1.21. The maximum absolute atomic E-state index is 14.5. The summed E-state index contributed by atoms with van der Waals surface area (Å²) < 4.78 is 6.17. The van der Waals surface area contributed by atoms with Gasteiger partial charge in [-0.2, -0.15) is 0 Å². The van der Waals surface area contributed by atoms with Crippen molar-refractivity contribution in [3.63, 3.8) is 0 Å². The van der Waals surface area contributed by atoms with Crippen molar-refractivity contribution in [1.29, 1.82) is 0 Å². The molecule has 4 amide bonds. The summed E-state index contributed by atoms with van der Waals surface area (Å²) in [6.45, 7) is 17.0. The van der Waals surface area contributed by atoms with E-state index in [4.69, 9.17) is 4.74 Å². The van der Waals surface area contributed by atoms with Gasteiger partial charge in [-0.05, 0) is 145 Å². The first-order valence-corrected chi connectivity index (χ1v) is 27.7. The van der Waals surface area contributed by atoms with Crippen molar-refractivity contribution in [2.75, 3.05) is 6.54 Å². The average molecular weight is 1050 g/mol. The molecular weight excluding hydrogens is 955 g/mol. The number of ether oxygens (including phenoxy) is 1. The summed E-state index contributed by atoms with van der Waals surface area (Å²) in [5.41, 5.74) is 5.45. The molecule has 75 heavy (non-hydrogen) atoms. The van der Waals surface area contributed by atoms with Crippen molar-refractivity contribution >= 4 is 35.4 Å². The van der Waals surface area contributed by atoms with E-state index in [-0.39, 0.29) is 79.9 Å². The van der Waals surface area contributed by atoms with Crippen LogP contribution < -0.4 is 21.4 Å². The third-order valence-corrected chi connectivity index (χ3v) is 15.4. The maximum Gasteiger partial charge on any atom is 0.325 e. The number of fused-ring (bicyclic) bond motifs is 2. The van der Waals surface area contributed by atoms with Crippen LogP contribution in [0.5, 0.6) is 5.75 Å². The van der Waals surface area contributed by atoms with E-state index < -0.39 is 84.0 Å². The Balaban J connectivity index is 1.52. The highest BCUT2D eigenvalue weighted by molar-refractivity contribution is 5.93. The number of nitrogens with zero attached hydrogens (tertiary/aromatic N) is 1. The molecule has 2 fully saturated rings. The Bertz CT molecular complexity index is 2170. The van der Waals surface area contributed by atoms with Gasteiger partial charge in [-0.25, -0.2) is 5.43 Å². The van der Waals surface area contributed by atoms with Crippen molar-refractivity contribution in [2.45, 2.75) is 207 Å². The highest BCUT2D eigenvalue weighted by atomic mass is 16.5. The first-order valence-electron chi connectivity index (χ1n) is 27.7. The molecule has 12 unspecified atom stereocenters. The number of ketones is 1. The van der Waals surface area contributed by atoms with E-state index in [0.29, 0.717) is 43.2 Å². The molecule has 2 bridgehead atoms. The summed E-state index contributed by atoms with van der Waals surface area (Å²) in [6, 6.07) is 3.10. The molecule has 16 heteroatoms. The fourth-order valence-electron chi connectivity index (χ4n) is 10.2. The number of esters is 1. The molecule has 13 atom stereocenters. The number of carbonyl (C=O) groups is 6. The summed E-state index contributed by atoms with van der Waals surface area (Å²) in [6.07, 6.45) is 15.2. The number of aromatic hydroxyl groups is 1. The van der Waals surface area contributed by atoms with Crippen LogP contribution in [-0.4, -0.2) is 116 Å². The second-order valence-corrected chi connectivity index (χ2v) is 22.2. The minimum Gasteiger partial charge on any atom is -0.508 e. The van der Waals surface area contributed by atoms with Crippen LogP contribution in [-0.2, 0) is 39.9 Å². The Hall–Kier alpha value is -5.16. The Morgan fingerprint density at radius 3 is 2.31 bits per heavy atom. The van der Waals surface area contributed by atoms with Gasteiger partial charge in [-0.1, -0.05) is 95.7 Å². The Morgan fingerprint density at radius 2 is 1.63 bits per heavy atom. The topological polar surface area (TPSA) is 244 Å². The van der Waals surface area contributed by atoms with Crippen molar-refractivity contribution in [2.24, 2.45) is 35.5 Å². The fourth-order valence-corrected chi connectivity index (χ4v) is 10.2. The van der Waals surface area contributed by atoms with Gasteiger partial charge in [-0.15, -0.1) is 0 Å².